The van der Waals surface area contributed by atoms with E-state index in [-0.39, 0.29) is 0 Å². The van der Waals surface area contributed by atoms with Crippen molar-refractivity contribution >= 4 is 0 Å². The first-order valence-corrected chi connectivity index (χ1v) is 8.49. The van der Waals surface area contributed by atoms with Gasteiger partial charge in [-0.3, -0.25) is 0 Å². The monoisotopic (exact) mass is 332 g/mol. The minimum atomic E-state index is 0.568. The first-order chi connectivity index (χ1) is 12.4. The molecule has 1 aromatic heterocycles. The lowest BCUT2D eigenvalue weighted by molar-refractivity contribution is 0.306. The molecule has 4 heteroatoms. The Morgan fingerprint density at radius 3 is 2.64 bits per heavy atom. The van der Waals surface area contributed by atoms with E-state index in [0.717, 1.165) is 47.1 Å². The van der Waals surface area contributed by atoms with E-state index in [1.165, 1.54) is 0 Å². The average molecular weight is 332 g/mol. The summed E-state index contributed by atoms with van der Waals surface area (Å²) in [4.78, 5) is 4.66. The topological polar surface area (TPSA) is 43.4 Å². The Balaban J connectivity index is 1.47. The van der Waals surface area contributed by atoms with Gasteiger partial charge in [0.2, 0.25) is 5.88 Å². The lowest BCUT2D eigenvalue weighted by atomic mass is 10.1. The van der Waals surface area contributed by atoms with Crippen LogP contribution in [0.2, 0.25) is 0 Å². The van der Waals surface area contributed by atoms with Gasteiger partial charge in [-0.1, -0.05) is 36.4 Å². The predicted octanol–water partition coefficient (Wildman–Crippen LogP) is 3.81. The lowest BCUT2D eigenvalue weighted by Gasteiger charge is -2.09. The van der Waals surface area contributed by atoms with Gasteiger partial charge in [0.05, 0.1) is 5.69 Å². The maximum Gasteiger partial charge on any atom is 0.218 e. The molecule has 0 saturated carbocycles. The first kappa shape index (κ1) is 15.7. The zero-order valence-corrected chi connectivity index (χ0v) is 13.9. The predicted molar refractivity (Wildman–Crippen MR) is 97.6 cm³/mol. The van der Waals surface area contributed by atoms with E-state index in [9.17, 15) is 0 Å². The van der Waals surface area contributed by atoms with Gasteiger partial charge in [0.15, 0.2) is 0 Å². The summed E-state index contributed by atoms with van der Waals surface area (Å²) in [5.41, 5.74) is 4.22. The number of nitrogens with one attached hydrogen (secondary N) is 1. The third-order valence-corrected chi connectivity index (χ3v) is 4.17. The van der Waals surface area contributed by atoms with Crippen LogP contribution in [0.15, 0.2) is 66.7 Å². The molecule has 0 spiro atoms. The van der Waals surface area contributed by atoms with Crippen LogP contribution in [-0.4, -0.2) is 18.1 Å². The molecule has 25 heavy (non-hydrogen) atoms. The van der Waals surface area contributed by atoms with Crippen molar-refractivity contribution in [3.05, 3.63) is 77.9 Å². The highest BCUT2D eigenvalue weighted by Crippen LogP contribution is 2.26. The number of ether oxygens (including phenoxy) is 2. The molecule has 2 aromatic carbocycles. The number of hydrogen-bond donors (Lipinski definition) is 1. The maximum atomic E-state index is 5.84. The Bertz CT molecular complexity index is 832. The van der Waals surface area contributed by atoms with Gasteiger partial charge < -0.3 is 14.8 Å². The first-order valence-electron chi connectivity index (χ1n) is 8.49. The second-order valence-corrected chi connectivity index (χ2v) is 5.98. The zero-order valence-electron chi connectivity index (χ0n) is 13.9. The molecule has 126 valence electrons. The molecule has 0 unspecified atom stereocenters. The normalized spacial score (nSPS) is 13.4. The Kier molecular flexibility index (Phi) is 4.61. The Morgan fingerprint density at radius 1 is 0.960 bits per heavy atom. The second kappa shape index (κ2) is 7.36. The van der Waals surface area contributed by atoms with E-state index >= 15 is 0 Å². The number of hydrogen-bond acceptors (Lipinski definition) is 4. The number of aromatic nitrogens is 1. The van der Waals surface area contributed by atoms with Crippen LogP contribution in [0.25, 0.3) is 11.3 Å². The van der Waals surface area contributed by atoms with E-state index in [2.05, 4.69) is 28.5 Å². The number of fused-ring (bicyclic) bond motifs is 1. The summed E-state index contributed by atoms with van der Waals surface area (Å²) in [5, 5.41) is 3.32. The van der Waals surface area contributed by atoms with Crippen molar-refractivity contribution in [2.24, 2.45) is 0 Å². The van der Waals surface area contributed by atoms with Crippen LogP contribution in [0.3, 0.4) is 0 Å². The van der Waals surface area contributed by atoms with Gasteiger partial charge in [-0.15, -0.1) is 0 Å². The van der Waals surface area contributed by atoms with Crippen molar-refractivity contribution in [3.8, 4) is 22.9 Å². The molecule has 4 rings (SSSR count). The van der Waals surface area contributed by atoms with Crippen LogP contribution in [0.1, 0.15) is 11.1 Å². The van der Waals surface area contributed by atoms with Crippen molar-refractivity contribution in [3.63, 3.8) is 0 Å². The molecule has 0 aliphatic carbocycles. The number of nitrogens with zero attached hydrogens (tertiary/aromatic N) is 1. The summed E-state index contributed by atoms with van der Waals surface area (Å²) in [6.45, 7) is 2.86. The largest absolute Gasteiger partial charge is 0.489 e. The lowest BCUT2D eigenvalue weighted by Crippen LogP contribution is -2.16. The Labute approximate surface area is 147 Å². The van der Waals surface area contributed by atoms with Gasteiger partial charge in [0.1, 0.15) is 19.0 Å². The summed E-state index contributed by atoms with van der Waals surface area (Å²) >= 11 is 0. The molecule has 0 bridgehead atoms. The van der Waals surface area contributed by atoms with Crippen molar-refractivity contribution in [1.82, 2.24) is 10.3 Å². The van der Waals surface area contributed by atoms with Gasteiger partial charge in [-0.05, 0) is 35.9 Å². The highest BCUT2D eigenvalue weighted by molar-refractivity contribution is 5.61. The highest BCUT2D eigenvalue weighted by Gasteiger charge is 2.11. The molecule has 4 nitrogen and oxygen atoms in total. The van der Waals surface area contributed by atoms with Crippen LogP contribution in [0.5, 0.6) is 11.6 Å². The Morgan fingerprint density at radius 2 is 1.80 bits per heavy atom. The molecule has 1 aliphatic heterocycles. The fourth-order valence-corrected chi connectivity index (χ4v) is 2.80. The molecule has 1 N–H and O–H groups in total. The summed E-state index contributed by atoms with van der Waals surface area (Å²) in [7, 11) is 0. The molecule has 0 amide bonds. The summed E-state index contributed by atoms with van der Waals surface area (Å²) in [6, 6.07) is 22.3. The second-order valence-electron chi connectivity index (χ2n) is 5.98. The highest BCUT2D eigenvalue weighted by atomic mass is 16.5. The van der Waals surface area contributed by atoms with Crippen molar-refractivity contribution < 1.29 is 9.47 Å². The number of pyridine rings is 1. The minimum absolute atomic E-state index is 0.568. The third kappa shape index (κ3) is 3.80. The summed E-state index contributed by atoms with van der Waals surface area (Å²) in [5.74, 6) is 1.58. The third-order valence-electron chi connectivity index (χ3n) is 4.17. The molecule has 3 aromatic rings. The summed E-state index contributed by atoms with van der Waals surface area (Å²) in [6.07, 6.45) is 0. The minimum Gasteiger partial charge on any atom is -0.489 e. The van der Waals surface area contributed by atoms with Gasteiger partial charge >= 0.3 is 0 Å². The van der Waals surface area contributed by atoms with Gasteiger partial charge in [-0.25, -0.2) is 4.98 Å². The van der Waals surface area contributed by atoms with E-state index in [4.69, 9.17) is 9.47 Å². The van der Waals surface area contributed by atoms with Crippen molar-refractivity contribution in [2.75, 3.05) is 13.2 Å². The van der Waals surface area contributed by atoms with E-state index in [1.54, 1.807) is 0 Å². The van der Waals surface area contributed by atoms with E-state index in [1.807, 2.05) is 48.5 Å². The standard InChI is InChI=1S/C21H20N2O2/c1-2-4-16(5-3-1)15-25-19-9-6-17(7-10-19)20-11-8-18-14-22-12-13-24-21(18)23-20/h1-11,22H,12-15H2. The average Bonchev–Trinajstić information content (AvgIpc) is 2.92. The fourth-order valence-electron chi connectivity index (χ4n) is 2.80. The SMILES string of the molecule is c1ccc(COc2ccc(-c3ccc4c(n3)OCCNC4)cc2)cc1. The number of benzene rings is 2. The summed E-state index contributed by atoms with van der Waals surface area (Å²) < 4.78 is 11.6. The number of rotatable bonds is 4. The molecule has 0 fully saturated rings. The molecule has 0 atom stereocenters. The Hall–Kier alpha value is -2.85. The van der Waals surface area contributed by atoms with Crippen LogP contribution >= 0.6 is 0 Å². The van der Waals surface area contributed by atoms with E-state index in [0.29, 0.717) is 13.2 Å². The van der Waals surface area contributed by atoms with Crippen LogP contribution in [-0.2, 0) is 13.2 Å². The molecule has 0 radical (unpaired) electrons. The van der Waals surface area contributed by atoms with E-state index < -0.39 is 0 Å². The fraction of sp³-hybridized carbons (Fsp3) is 0.190. The van der Waals surface area contributed by atoms with Crippen molar-refractivity contribution in [1.29, 1.82) is 0 Å². The maximum absolute atomic E-state index is 5.84. The molecular weight excluding hydrogens is 312 g/mol. The van der Waals surface area contributed by atoms with Crippen LogP contribution < -0.4 is 14.8 Å². The molecular formula is C21H20N2O2. The molecule has 2 heterocycles. The zero-order chi connectivity index (χ0) is 16.9. The molecule has 0 saturated heterocycles. The van der Waals surface area contributed by atoms with Crippen LogP contribution in [0, 0.1) is 0 Å². The quantitative estimate of drug-likeness (QED) is 0.789. The smallest absolute Gasteiger partial charge is 0.218 e. The van der Waals surface area contributed by atoms with Crippen molar-refractivity contribution in [2.45, 2.75) is 13.2 Å². The molecule has 1 aliphatic rings. The van der Waals surface area contributed by atoms with Crippen LogP contribution in [0.4, 0.5) is 0 Å². The van der Waals surface area contributed by atoms with Gasteiger partial charge in [0.25, 0.3) is 0 Å². The van der Waals surface area contributed by atoms with Gasteiger partial charge in [0, 0.05) is 24.2 Å². The van der Waals surface area contributed by atoms with Gasteiger partial charge in [-0.2, -0.15) is 0 Å².